The summed E-state index contributed by atoms with van der Waals surface area (Å²) in [5, 5.41) is 3.04. The fourth-order valence-electron chi connectivity index (χ4n) is 3.95. The van der Waals surface area contributed by atoms with Crippen LogP contribution < -0.4 is 5.32 Å². The van der Waals surface area contributed by atoms with Gasteiger partial charge in [0.25, 0.3) is 0 Å². The van der Waals surface area contributed by atoms with Gasteiger partial charge in [-0.15, -0.1) is 0 Å². The number of hydrogen-bond acceptors (Lipinski definition) is 3. The SMILES string of the molecule is CC(C)OCCCNC(=O)[C@H](c1ccccc1)N(Cc1ccccc1)C(=O)CCc1ccccc1. The summed E-state index contributed by atoms with van der Waals surface area (Å²) >= 11 is 0. The van der Waals surface area contributed by atoms with E-state index in [1.54, 1.807) is 4.90 Å². The molecule has 0 fully saturated rings. The first-order valence-corrected chi connectivity index (χ1v) is 12.4. The number of aryl methyl sites for hydroxylation is 1. The van der Waals surface area contributed by atoms with Gasteiger partial charge in [0.1, 0.15) is 6.04 Å². The molecular weight excluding hydrogens is 436 g/mol. The Hall–Kier alpha value is -3.44. The summed E-state index contributed by atoms with van der Waals surface area (Å²) in [6.45, 7) is 5.42. The van der Waals surface area contributed by atoms with Crippen molar-refractivity contribution in [2.45, 2.75) is 51.8 Å². The van der Waals surface area contributed by atoms with Gasteiger partial charge in [0.05, 0.1) is 6.10 Å². The van der Waals surface area contributed by atoms with Crippen LogP contribution in [0.2, 0.25) is 0 Å². The second-order valence-electron chi connectivity index (χ2n) is 8.87. The van der Waals surface area contributed by atoms with Gasteiger partial charge in [0, 0.05) is 26.1 Å². The maximum Gasteiger partial charge on any atom is 0.247 e. The summed E-state index contributed by atoms with van der Waals surface area (Å²) in [5.41, 5.74) is 2.89. The van der Waals surface area contributed by atoms with Crippen LogP contribution in [0.3, 0.4) is 0 Å². The van der Waals surface area contributed by atoms with Crippen molar-refractivity contribution in [2.75, 3.05) is 13.2 Å². The average molecular weight is 473 g/mol. The van der Waals surface area contributed by atoms with Crippen LogP contribution in [0, 0.1) is 0 Å². The molecule has 3 rings (SSSR count). The van der Waals surface area contributed by atoms with Crippen LogP contribution in [-0.2, 0) is 27.3 Å². The molecule has 0 aromatic heterocycles. The number of hydrogen-bond donors (Lipinski definition) is 1. The molecule has 184 valence electrons. The molecule has 0 aliphatic rings. The van der Waals surface area contributed by atoms with E-state index in [2.05, 4.69) is 5.32 Å². The Morgan fingerprint density at radius 2 is 1.40 bits per heavy atom. The fourth-order valence-corrected chi connectivity index (χ4v) is 3.95. The van der Waals surface area contributed by atoms with Gasteiger partial charge in [-0.1, -0.05) is 91.0 Å². The maximum atomic E-state index is 13.6. The largest absolute Gasteiger partial charge is 0.379 e. The molecular formula is C30H36N2O3. The number of amides is 2. The molecule has 0 bridgehead atoms. The molecule has 0 radical (unpaired) electrons. The molecule has 0 heterocycles. The molecule has 0 spiro atoms. The zero-order valence-electron chi connectivity index (χ0n) is 20.7. The zero-order chi connectivity index (χ0) is 24.9. The number of nitrogens with one attached hydrogen (secondary N) is 1. The minimum atomic E-state index is -0.717. The number of carbonyl (C=O) groups excluding carboxylic acids is 2. The minimum absolute atomic E-state index is 0.0511. The second kappa shape index (κ2) is 14.1. The van der Waals surface area contributed by atoms with Crippen LogP contribution in [0.25, 0.3) is 0 Å². The van der Waals surface area contributed by atoms with Gasteiger partial charge >= 0.3 is 0 Å². The normalized spacial score (nSPS) is 11.7. The number of ether oxygens (including phenoxy) is 1. The number of carbonyl (C=O) groups is 2. The van der Waals surface area contributed by atoms with Gasteiger partial charge in [-0.2, -0.15) is 0 Å². The van der Waals surface area contributed by atoms with Gasteiger partial charge in [0.2, 0.25) is 11.8 Å². The average Bonchev–Trinajstić information content (AvgIpc) is 2.88. The van der Waals surface area contributed by atoms with Crippen LogP contribution in [0.1, 0.15) is 49.4 Å². The lowest BCUT2D eigenvalue weighted by molar-refractivity contribution is -0.141. The molecule has 5 nitrogen and oxygen atoms in total. The highest BCUT2D eigenvalue weighted by Gasteiger charge is 2.31. The van der Waals surface area contributed by atoms with E-state index in [0.29, 0.717) is 39.0 Å². The molecule has 3 aromatic rings. The van der Waals surface area contributed by atoms with Gasteiger partial charge in [-0.3, -0.25) is 9.59 Å². The monoisotopic (exact) mass is 472 g/mol. The van der Waals surface area contributed by atoms with Crippen molar-refractivity contribution in [3.63, 3.8) is 0 Å². The molecule has 0 saturated heterocycles. The van der Waals surface area contributed by atoms with E-state index in [9.17, 15) is 9.59 Å². The molecule has 0 aliphatic heterocycles. The van der Waals surface area contributed by atoms with Gasteiger partial charge in [-0.05, 0) is 43.4 Å². The van der Waals surface area contributed by atoms with E-state index in [1.165, 1.54) is 0 Å². The van der Waals surface area contributed by atoms with Crippen LogP contribution in [0.15, 0.2) is 91.0 Å². The van der Waals surface area contributed by atoms with Crippen LogP contribution in [-0.4, -0.2) is 36.0 Å². The summed E-state index contributed by atoms with van der Waals surface area (Å²) in [7, 11) is 0. The van der Waals surface area contributed by atoms with Crippen LogP contribution in [0.5, 0.6) is 0 Å². The van der Waals surface area contributed by atoms with E-state index in [0.717, 1.165) is 16.7 Å². The molecule has 3 aromatic carbocycles. The number of benzene rings is 3. The summed E-state index contributed by atoms with van der Waals surface area (Å²) in [6, 6.07) is 28.6. The van der Waals surface area contributed by atoms with Crippen molar-refractivity contribution < 1.29 is 14.3 Å². The maximum absolute atomic E-state index is 13.6. The van der Waals surface area contributed by atoms with Crippen LogP contribution in [0.4, 0.5) is 0 Å². The number of rotatable bonds is 13. The first-order valence-electron chi connectivity index (χ1n) is 12.4. The third kappa shape index (κ3) is 8.69. The lowest BCUT2D eigenvalue weighted by atomic mass is 10.0. The van der Waals surface area contributed by atoms with Crippen molar-refractivity contribution in [3.8, 4) is 0 Å². The summed E-state index contributed by atoms with van der Waals surface area (Å²) in [5.74, 6) is -0.227. The van der Waals surface area contributed by atoms with Crippen molar-refractivity contribution >= 4 is 11.8 Å². The van der Waals surface area contributed by atoms with E-state index in [1.807, 2.05) is 105 Å². The smallest absolute Gasteiger partial charge is 0.247 e. The molecule has 0 saturated carbocycles. The first-order chi connectivity index (χ1) is 17.0. The molecule has 2 amide bonds. The van der Waals surface area contributed by atoms with Crippen molar-refractivity contribution in [3.05, 3.63) is 108 Å². The molecule has 1 atom stereocenters. The van der Waals surface area contributed by atoms with Crippen molar-refractivity contribution in [2.24, 2.45) is 0 Å². The zero-order valence-corrected chi connectivity index (χ0v) is 20.7. The number of nitrogens with zero attached hydrogens (tertiary/aromatic N) is 1. The first kappa shape index (κ1) is 26.2. The lowest BCUT2D eigenvalue weighted by Crippen LogP contribution is -2.43. The fraction of sp³-hybridized carbons (Fsp3) is 0.333. The molecule has 35 heavy (non-hydrogen) atoms. The lowest BCUT2D eigenvalue weighted by Gasteiger charge is -2.32. The van der Waals surface area contributed by atoms with Crippen molar-refractivity contribution in [1.82, 2.24) is 10.2 Å². The standard InChI is InChI=1S/C30H36N2O3/c1-24(2)35-22-12-21-31-30(34)29(27-17-10-5-11-18-27)32(23-26-15-8-4-9-16-26)28(33)20-19-25-13-6-3-7-14-25/h3-11,13-18,24,29H,12,19-23H2,1-2H3,(H,31,34)/t29-/m0/s1. The second-order valence-corrected chi connectivity index (χ2v) is 8.87. The highest BCUT2D eigenvalue weighted by molar-refractivity contribution is 5.88. The van der Waals surface area contributed by atoms with Gasteiger partial charge < -0.3 is 15.0 Å². The Labute approximate surface area is 209 Å². The topological polar surface area (TPSA) is 58.6 Å². The van der Waals surface area contributed by atoms with Gasteiger partial charge in [-0.25, -0.2) is 0 Å². The van der Waals surface area contributed by atoms with Crippen LogP contribution >= 0.6 is 0 Å². The Morgan fingerprint density at radius 3 is 2.00 bits per heavy atom. The molecule has 0 aliphatic carbocycles. The Bertz CT molecular complexity index is 1020. The molecule has 1 N–H and O–H groups in total. The highest BCUT2D eigenvalue weighted by Crippen LogP contribution is 2.25. The highest BCUT2D eigenvalue weighted by atomic mass is 16.5. The Balaban J connectivity index is 1.81. The third-order valence-corrected chi connectivity index (χ3v) is 5.73. The Morgan fingerprint density at radius 1 is 0.829 bits per heavy atom. The molecule has 0 unspecified atom stereocenters. The summed E-state index contributed by atoms with van der Waals surface area (Å²) in [4.78, 5) is 28.8. The van der Waals surface area contributed by atoms with Gasteiger partial charge in [0.15, 0.2) is 0 Å². The Kier molecular flexibility index (Phi) is 10.5. The predicted octanol–water partition coefficient (Wildman–Crippen LogP) is 5.32. The van der Waals surface area contributed by atoms with E-state index < -0.39 is 6.04 Å². The van der Waals surface area contributed by atoms with E-state index >= 15 is 0 Å². The van der Waals surface area contributed by atoms with Crippen molar-refractivity contribution in [1.29, 1.82) is 0 Å². The predicted molar refractivity (Wildman–Crippen MR) is 140 cm³/mol. The summed E-state index contributed by atoms with van der Waals surface area (Å²) in [6.07, 6.45) is 1.83. The minimum Gasteiger partial charge on any atom is -0.379 e. The summed E-state index contributed by atoms with van der Waals surface area (Å²) < 4.78 is 5.59. The van der Waals surface area contributed by atoms with E-state index in [-0.39, 0.29) is 17.9 Å². The molecule has 5 heteroatoms. The quantitative estimate of drug-likeness (QED) is 0.343. The van der Waals surface area contributed by atoms with E-state index in [4.69, 9.17) is 4.74 Å². The third-order valence-electron chi connectivity index (χ3n) is 5.73.